The lowest BCUT2D eigenvalue weighted by Crippen LogP contribution is -2.44. The molecule has 0 radical (unpaired) electrons. The number of hydrogen-bond acceptors (Lipinski definition) is 4. The molecule has 0 aliphatic carbocycles. The average Bonchev–Trinajstić information content (AvgIpc) is 3.09. The van der Waals surface area contributed by atoms with E-state index < -0.39 is 46.6 Å². The van der Waals surface area contributed by atoms with Crippen molar-refractivity contribution in [2.45, 2.75) is 63.3 Å². The third-order valence-electron chi connectivity index (χ3n) is 7.16. The number of likely N-dealkylation sites (tertiary alicyclic amines) is 1. The second-order valence-corrected chi connectivity index (χ2v) is 11.9. The molecule has 4 rings (SSSR count). The number of nitriles is 1. The number of carbonyl (C=O) groups excluding carboxylic acids is 1. The highest BCUT2D eigenvalue weighted by Crippen LogP contribution is 2.55. The van der Waals surface area contributed by atoms with E-state index in [2.05, 4.69) is 6.07 Å². The molecule has 1 aliphatic rings. The molecule has 9 heteroatoms. The minimum Gasteiger partial charge on any atom is -0.459 e. The van der Waals surface area contributed by atoms with Crippen LogP contribution in [0.1, 0.15) is 50.3 Å². The molecule has 0 N–H and O–H groups in total. The number of nitrogens with zero attached hydrogens (tertiary/aromatic N) is 2. The number of esters is 1. The van der Waals surface area contributed by atoms with Crippen molar-refractivity contribution in [3.8, 4) is 6.07 Å². The van der Waals surface area contributed by atoms with Crippen molar-refractivity contribution in [2.75, 3.05) is 0 Å². The normalized spacial score (nSPS) is 23.4. The molecule has 1 fully saturated rings. The van der Waals surface area contributed by atoms with E-state index in [1.807, 2.05) is 0 Å². The Hall–Kier alpha value is -2.69. The third kappa shape index (κ3) is 5.38. The van der Waals surface area contributed by atoms with Crippen LogP contribution in [0.5, 0.6) is 0 Å². The van der Waals surface area contributed by atoms with Crippen LogP contribution in [-0.4, -0.2) is 28.6 Å². The van der Waals surface area contributed by atoms with Crippen molar-refractivity contribution in [2.24, 2.45) is 0 Å². The molecular weight excluding hydrogens is 565 g/mol. The predicted octanol–water partition coefficient (Wildman–Crippen LogP) is 8.08. The van der Waals surface area contributed by atoms with Crippen LogP contribution < -0.4 is 0 Å². The Morgan fingerprint density at radius 2 is 1.72 bits per heavy atom. The van der Waals surface area contributed by atoms with Crippen molar-refractivity contribution >= 4 is 40.8 Å². The first kappa shape index (κ1) is 29.3. The number of hydrogen-bond donors (Lipinski definition) is 0. The third-order valence-corrected chi connectivity index (χ3v) is 8.05. The second kappa shape index (κ2) is 11.1. The predicted molar refractivity (Wildman–Crippen MR) is 149 cm³/mol. The largest absolute Gasteiger partial charge is 0.459 e. The van der Waals surface area contributed by atoms with E-state index >= 15 is 8.78 Å². The molecule has 2 unspecified atom stereocenters. The van der Waals surface area contributed by atoms with Crippen molar-refractivity contribution in [3.63, 3.8) is 0 Å². The van der Waals surface area contributed by atoms with Crippen molar-refractivity contribution < 1.29 is 18.3 Å². The first-order chi connectivity index (χ1) is 18.3. The summed E-state index contributed by atoms with van der Waals surface area (Å²) in [5, 5.41) is 11.3. The summed E-state index contributed by atoms with van der Waals surface area (Å²) in [6.07, 6.45) is 0. The number of benzene rings is 3. The van der Waals surface area contributed by atoms with Gasteiger partial charge in [0.05, 0.1) is 11.1 Å². The highest BCUT2D eigenvalue weighted by molar-refractivity contribution is 6.31. The Morgan fingerprint density at radius 1 is 1.05 bits per heavy atom. The standard InChI is InChI=1S/C30H27Cl3F2N2O2/c1-17-30(16-36,21-13-12-19(31)14-24(21)34)25(20-9-7-11-23(33)26(20)35)27(28(38)39-29(2,3)4)37(17)15-18-8-5-6-10-22(18)32/h5-14,17,25,27H,15H2,1-4H3/t17?,25-,27?,30+/m0/s1. The summed E-state index contributed by atoms with van der Waals surface area (Å²) in [6.45, 7) is 6.98. The van der Waals surface area contributed by atoms with Gasteiger partial charge in [0.15, 0.2) is 0 Å². The summed E-state index contributed by atoms with van der Waals surface area (Å²) >= 11 is 18.7. The maximum Gasteiger partial charge on any atom is 0.324 e. The molecule has 4 nitrogen and oxygen atoms in total. The molecule has 3 aromatic rings. The highest BCUT2D eigenvalue weighted by atomic mass is 35.5. The van der Waals surface area contributed by atoms with Crippen LogP contribution in [0.4, 0.5) is 8.78 Å². The summed E-state index contributed by atoms with van der Waals surface area (Å²) in [4.78, 5) is 15.7. The Balaban J connectivity index is 2.05. The summed E-state index contributed by atoms with van der Waals surface area (Å²) in [5.74, 6) is -3.43. The molecule has 1 aliphatic heterocycles. The Labute approximate surface area is 242 Å². The summed E-state index contributed by atoms with van der Waals surface area (Å²) < 4.78 is 37.3. The van der Waals surface area contributed by atoms with Crippen LogP contribution in [0.3, 0.4) is 0 Å². The van der Waals surface area contributed by atoms with Gasteiger partial charge in [0, 0.05) is 34.1 Å². The lowest BCUT2D eigenvalue weighted by molar-refractivity contribution is -0.161. The van der Waals surface area contributed by atoms with E-state index in [9.17, 15) is 10.1 Å². The van der Waals surface area contributed by atoms with Crippen LogP contribution >= 0.6 is 34.8 Å². The molecular formula is C30H27Cl3F2N2O2. The maximum absolute atomic E-state index is 15.8. The molecule has 39 heavy (non-hydrogen) atoms. The van der Waals surface area contributed by atoms with Crippen LogP contribution in [0.25, 0.3) is 0 Å². The van der Waals surface area contributed by atoms with Gasteiger partial charge in [-0.25, -0.2) is 8.78 Å². The molecule has 1 heterocycles. The summed E-state index contributed by atoms with van der Waals surface area (Å²) in [5.41, 5.74) is -1.97. The van der Waals surface area contributed by atoms with E-state index in [0.717, 1.165) is 6.07 Å². The van der Waals surface area contributed by atoms with Crippen molar-refractivity contribution in [1.82, 2.24) is 4.90 Å². The monoisotopic (exact) mass is 590 g/mol. The number of rotatable bonds is 5. The van der Waals surface area contributed by atoms with E-state index in [-0.39, 0.29) is 27.7 Å². The van der Waals surface area contributed by atoms with Gasteiger partial charge in [-0.3, -0.25) is 9.69 Å². The topological polar surface area (TPSA) is 53.3 Å². The first-order valence-electron chi connectivity index (χ1n) is 12.3. The number of halogens is 5. The number of ether oxygens (including phenoxy) is 1. The van der Waals surface area contributed by atoms with Crippen LogP contribution in [0.15, 0.2) is 60.7 Å². The fraction of sp³-hybridized carbons (Fsp3) is 0.333. The zero-order valence-electron chi connectivity index (χ0n) is 21.8. The Kier molecular flexibility index (Phi) is 8.31. The Bertz CT molecular complexity index is 1450. The van der Waals surface area contributed by atoms with Gasteiger partial charge in [0.2, 0.25) is 0 Å². The van der Waals surface area contributed by atoms with Gasteiger partial charge >= 0.3 is 5.97 Å². The molecule has 0 amide bonds. The molecule has 3 aromatic carbocycles. The van der Waals surface area contributed by atoms with Gasteiger partial charge in [0.25, 0.3) is 0 Å². The van der Waals surface area contributed by atoms with E-state index in [4.69, 9.17) is 39.5 Å². The van der Waals surface area contributed by atoms with Crippen LogP contribution in [-0.2, 0) is 21.5 Å². The van der Waals surface area contributed by atoms with E-state index in [1.165, 1.54) is 30.3 Å². The summed E-state index contributed by atoms with van der Waals surface area (Å²) in [6, 6.07) is 15.7. The summed E-state index contributed by atoms with van der Waals surface area (Å²) in [7, 11) is 0. The van der Waals surface area contributed by atoms with Gasteiger partial charge in [-0.2, -0.15) is 5.26 Å². The zero-order valence-corrected chi connectivity index (χ0v) is 24.1. The van der Waals surface area contributed by atoms with E-state index in [0.29, 0.717) is 10.6 Å². The van der Waals surface area contributed by atoms with Gasteiger partial charge in [-0.05, 0) is 63.1 Å². The van der Waals surface area contributed by atoms with Crippen LogP contribution in [0, 0.1) is 23.0 Å². The van der Waals surface area contributed by atoms with E-state index in [1.54, 1.807) is 56.9 Å². The maximum atomic E-state index is 15.8. The van der Waals surface area contributed by atoms with Gasteiger partial charge < -0.3 is 4.74 Å². The minimum absolute atomic E-state index is 0.00256. The lowest BCUT2D eigenvalue weighted by Gasteiger charge is -2.34. The van der Waals surface area contributed by atoms with Crippen molar-refractivity contribution in [1.29, 1.82) is 5.26 Å². The SMILES string of the molecule is CC1N(Cc2ccccc2Cl)C(C(=O)OC(C)(C)C)[C@H](c2cccc(Cl)c2F)[C@@]1(C#N)c1ccc(Cl)cc1F. The van der Waals surface area contributed by atoms with Gasteiger partial charge in [0.1, 0.15) is 28.7 Å². The average molecular weight is 592 g/mol. The smallest absolute Gasteiger partial charge is 0.324 e. The molecule has 1 saturated heterocycles. The molecule has 0 aromatic heterocycles. The first-order valence-corrected chi connectivity index (χ1v) is 13.5. The zero-order chi connectivity index (χ0) is 28.7. The quantitative estimate of drug-likeness (QED) is 0.282. The Morgan fingerprint density at radius 3 is 2.33 bits per heavy atom. The fourth-order valence-corrected chi connectivity index (χ4v) is 6.05. The van der Waals surface area contributed by atoms with Crippen LogP contribution in [0.2, 0.25) is 15.1 Å². The van der Waals surface area contributed by atoms with Gasteiger partial charge in [-0.1, -0.05) is 71.2 Å². The highest BCUT2D eigenvalue weighted by Gasteiger charge is 2.63. The second-order valence-electron chi connectivity index (χ2n) is 10.6. The van der Waals surface area contributed by atoms with Crippen molar-refractivity contribution in [3.05, 3.63) is 104 Å². The molecule has 0 spiro atoms. The number of carbonyl (C=O) groups is 1. The minimum atomic E-state index is -1.75. The molecule has 204 valence electrons. The molecule has 0 saturated carbocycles. The fourth-order valence-electron chi connectivity index (χ4n) is 5.51. The van der Waals surface area contributed by atoms with Gasteiger partial charge in [-0.15, -0.1) is 0 Å². The molecule has 4 atom stereocenters. The lowest BCUT2D eigenvalue weighted by atomic mass is 9.65. The molecule has 0 bridgehead atoms.